The predicted molar refractivity (Wildman–Crippen MR) is 66.6 cm³/mol. The normalized spacial score (nSPS) is 27.1. The summed E-state index contributed by atoms with van der Waals surface area (Å²) < 4.78 is 18.8. The van der Waals surface area contributed by atoms with Crippen molar-refractivity contribution in [3.8, 4) is 0 Å². The van der Waals surface area contributed by atoms with Crippen molar-refractivity contribution in [2.45, 2.75) is 18.8 Å². The van der Waals surface area contributed by atoms with E-state index in [1.54, 1.807) is 19.2 Å². The molecule has 0 spiro atoms. The molecule has 2 atom stereocenters. The number of rotatable bonds is 6. The molecular formula is C14H20FNO. The lowest BCUT2D eigenvalue weighted by atomic mass is 9.93. The Hall–Kier alpha value is -0.930. The molecule has 0 aliphatic heterocycles. The van der Waals surface area contributed by atoms with Gasteiger partial charge >= 0.3 is 0 Å². The fraction of sp³-hybridized carbons (Fsp3) is 0.571. The summed E-state index contributed by atoms with van der Waals surface area (Å²) in [6.07, 6.45) is 1.06. The third-order valence-electron chi connectivity index (χ3n) is 3.79. The van der Waals surface area contributed by atoms with Gasteiger partial charge in [-0.2, -0.15) is 0 Å². The first-order valence-corrected chi connectivity index (χ1v) is 6.15. The van der Waals surface area contributed by atoms with Crippen LogP contribution in [-0.4, -0.2) is 26.8 Å². The molecule has 0 radical (unpaired) electrons. The highest BCUT2D eigenvalue weighted by Crippen LogP contribution is 2.54. The van der Waals surface area contributed by atoms with Crippen LogP contribution in [0.25, 0.3) is 0 Å². The largest absolute Gasteiger partial charge is 0.383 e. The number of hydrogen-bond donors (Lipinski definition) is 1. The minimum atomic E-state index is -0.0783. The van der Waals surface area contributed by atoms with Crippen molar-refractivity contribution >= 4 is 0 Å². The van der Waals surface area contributed by atoms with Gasteiger partial charge in [0.15, 0.2) is 0 Å². The third kappa shape index (κ3) is 2.50. The second kappa shape index (κ2) is 5.15. The van der Waals surface area contributed by atoms with E-state index in [0.717, 1.165) is 25.1 Å². The minimum Gasteiger partial charge on any atom is -0.383 e. The summed E-state index contributed by atoms with van der Waals surface area (Å²) >= 11 is 0. The van der Waals surface area contributed by atoms with Crippen molar-refractivity contribution in [2.24, 2.45) is 5.92 Å². The van der Waals surface area contributed by atoms with Crippen molar-refractivity contribution in [3.63, 3.8) is 0 Å². The van der Waals surface area contributed by atoms with Gasteiger partial charge < -0.3 is 10.1 Å². The van der Waals surface area contributed by atoms with Crippen LogP contribution < -0.4 is 5.32 Å². The zero-order chi connectivity index (χ0) is 12.3. The predicted octanol–water partition coefficient (Wildman–Crippen LogP) is 2.34. The van der Waals surface area contributed by atoms with Crippen molar-refractivity contribution < 1.29 is 9.13 Å². The number of methoxy groups -OCH3 is 1. The van der Waals surface area contributed by atoms with Crippen LogP contribution in [0.2, 0.25) is 0 Å². The van der Waals surface area contributed by atoms with E-state index in [0.29, 0.717) is 12.5 Å². The van der Waals surface area contributed by atoms with Gasteiger partial charge in [-0.15, -0.1) is 0 Å². The van der Waals surface area contributed by atoms with Crippen LogP contribution >= 0.6 is 0 Å². The van der Waals surface area contributed by atoms with Gasteiger partial charge in [-0.05, 0) is 24.0 Å². The number of hydrogen-bond acceptors (Lipinski definition) is 2. The highest BCUT2D eigenvalue weighted by atomic mass is 19.1. The van der Waals surface area contributed by atoms with E-state index < -0.39 is 0 Å². The summed E-state index contributed by atoms with van der Waals surface area (Å²) in [5.41, 5.74) is 0.858. The maximum Gasteiger partial charge on any atom is 0.127 e. The van der Waals surface area contributed by atoms with Gasteiger partial charge in [0.25, 0.3) is 0 Å². The lowest BCUT2D eigenvalue weighted by molar-refractivity contribution is 0.198. The summed E-state index contributed by atoms with van der Waals surface area (Å²) in [5, 5.41) is 3.35. The third-order valence-corrected chi connectivity index (χ3v) is 3.79. The van der Waals surface area contributed by atoms with Crippen LogP contribution in [0, 0.1) is 11.7 Å². The topological polar surface area (TPSA) is 21.3 Å². The van der Waals surface area contributed by atoms with Gasteiger partial charge in [0.05, 0.1) is 6.61 Å². The van der Waals surface area contributed by atoms with E-state index in [9.17, 15) is 4.39 Å². The Labute approximate surface area is 102 Å². The summed E-state index contributed by atoms with van der Waals surface area (Å²) in [6.45, 7) is 4.53. The van der Waals surface area contributed by atoms with Crippen LogP contribution in [0.3, 0.4) is 0 Å². The van der Waals surface area contributed by atoms with E-state index in [1.165, 1.54) is 0 Å². The fourth-order valence-corrected chi connectivity index (χ4v) is 2.56. The Morgan fingerprint density at radius 1 is 1.47 bits per heavy atom. The number of nitrogens with one attached hydrogen (secondary N) is 1. The molecule has 0 aromatic heterocycles. The molecule has 1 aliphatic rings. The van der Waals surface area contributed by atoms with Crippen molar-refractivity contribution in [3.05, 3.63) is 35.6 Å². The Balaban J connectivity index is 2.03. The summed E-state index contributed by atoms with van der Waals surface area (Å²) in [7, 11) is 1.69. The molecule has 1 N–H and O–H groups in total. The van der Waals surface area contributed by atoms with Crippen molar-refractivity contribution in [1.29, 1.82) is 0 Å². The molecule has 17 heavy (non-hydrogen) atoms. The molecule has 0 amide bonds. The number of halogens is 1. The molecule has 1 aromatic carbocycles. The van der Waals surface area contributed by atoms with Gasteiger partial charge in [0.1, 0.15) is 5.82 Å². The average Bonchev–Trinajstić information content (AvgIpc) is 2.97. The zero-order valence-electron chi connectivity index (χ0n) is 10.5. The fourth-order valence-electron chi connectivity index (χ4n) is 2.56. The van der Waals surface area contributed by atoms with Gasteiger partial charge in [0, 0.05) is 25.6 Å². The van der Waals surface area contributed by atoms with E-state index in [4.69, 9.17) is 4.74 Å². The van der Waals surface area contributed by atoms with Crippen LogP contribution in [-0.2, 0) is 10.2 Å². The van der Waals surface area contributed by atoms with Crippen LogP contribution in [0.1, 0.15) is 18.9 Å². The molecule has 0 bridgehead atoms. The summed E-state index contributed by atoms with van der Waals surface area (Å²) in [4.78, 5) is 0. The van der Waals surface area contributed by atoms with Gasteiger partial charge in [-0.3, -0.25) is 0 Å². The Kier molecular flexibility index (Phi) is 3.79. The van der Waals surface area contributed by atoms with E-state index >= 15 is 0 Å². The Morgan fingerprint density at radius 2 is 2.18 bits per heavy atom. The first-order valence-electron chi connectivity index (χ1n) is 6.15. The van der Waals surface area contributed by atoms with E-state index in [1.807, 2.05) is 12.1 Å². The maximum atomic E-state index is 13.8. The first kappa shape index (κ1) is 12.5. The van der Waals surface area contributed by atoms with Gasteiger partial charge in [-0.1, -0.05) is 25.1 Å². The molecule has 0 heterocycles. The second-order valence-electron chi connectivity index (χ2n) is 4.91. The molecule has 1 aromatic rings. The molecule has 1 aliphatic carbocycles. The highest BCUT2D eigenvalue weighted by Gasteiger charge is 2.52. The van der Waals surface area contributed by atoms with E-state index in [-0.39, 0.29) is 11.2 Å². The van der Waals surface area contributed by atoms with Crippen LogP contribution in [0.15, 0.2) is 24.3 Å². The van der Waals surface area contributed by atoms with Gasteiger partial charge in [-0.25, -0.2) is 4.39 Å². The summed E-state index contributed by atoms with van der Waals surface area (Å²) in [6, 6.07) is 7.13. The average molecular weight is 237 g/mol. The molecule has 1 fully saturated rings. The lowest BCUT2D eigenvalue weighted by Crippen LogP contribution is -2.31. The Morgan fingerprint density at radius 3 is 2.76 bits per heavy atom. The number of ether oxygens (including phenoxy) is 1. The smallest absolute Gasteiger partial charge is 0.127 e. The molecule has 3 heteroatoms. The molecule has 2 nitrogen and oxygen atoms in total. The zero-order valence-corrected chi connectivity index (χ0v) is 10.5. The van der Waals surface area contributed by atoms with Crippen LogP contribution in [0.4, 0.5) is 4.39 Å². The van der Waals surface area contributed by atoms with Gasteiger partial charge in [0.2, 0.25) is 0 Å². The molecular weight excluding hydrogens is 217 g/mol. The summed E-state index contributed by atoms with van der Waals surface area (Å²) in [5.74, 6) is 0.472. The SMILES string of the molecule is COCCNCC1(c2ccccc2F)CC1C. The highest BCUT2D eigenvalue weighted by molar-refractivity contribution is 5.35. The molecule has 0 saturated heterocycles. The Bertz CT molecular complexity index is 382. The standard InChI is InChI=1S/C14H20FNO/c1-11-9-14(11,10-16-7-8-17-2)12-5-3-4-6-13(12)15/h3-6,11,16H,7-10H2,1-2H3. The molecule has 2 rings (SSSR count). The van der Waals surface area contributed by atoms with Crippen molar-refractivity contribution in [2.75, 3.05) is 26.8 Å². The molecule has 1 saturated carbocycles. The van der Waals surface area contributed by atoms with Crippen LogP contribution in [0.5, 0.6) is 0 Å². The second-order valence-corrected chi connectivity index (χ2v) is 4.91. The lowest BCUT2D eigenvalue weighted by Gasteiger charge is -2.18. The minimum absolute atomic E-state index is 0.000908. The molecule has 94 valence electrons. The first-order chi connectivity index (χ1) is 8.20. The number of benzene rings is 1. The quantitative estimate of drug-likeness (QED) is 0.767. The van der Waals surface area contributed by atoms with E-state index in [2.05, 4.69) is 12.2 Å². The van der Waals surface area contributed by atoms with Crippen molar-refractivity contribution in [1.82, 2.24) is 5.32 Å². The monoisotopic (exact) mass is 237 g/mol. The molecule has 2 unspecified atom stereocenters. The maximum absolute atomic E-state index is 13.8.